The normalized spacial score (nSPS) is 11.0. The molecule has 1 heterocycles. The lowest BCUT2D eigenvalue weighted by molar-refractivity contribution is -0.384. The minimum atomic E-state index is -0.476. The molecule has 0 aliphatic carbocycles. The highest BCUT2D eigenvalue weighted by Gasteiger charge is 2.27. The number of nitro groups is 1. The lowest BCUT2D eigenvalue weighted by Crippen LogP contribution is -2.06. The minimum absolute atomic E-state index is 0.0656. The summed E-state index contributed by atoms with van der Waals surface area (Å²) in [5.41, 5.74) is 7.08. The molecular weight excluding hydrogens is 280 g/mol. The van der Waals surface area contributed by atoms with Gasteiger partial charge in [0.1, 0.15) is 5.69 Å². The molecule has 1 aromatic carbocycles. The van der Waals surface area contributed by atoms with Gasteiger partial charge in [-0.15, -0.1) is 0 Å². The van der Waals surface area contributed by atoms with Gasteiger partial charge >= 0.3 is 5.69 Å². The molecule has 0 fully saturated rings. The second-order valence-electron chi connectivity index (χ2n) is 4.82. The van der Waals surface area contributed by atoms with E-state index in [0.29, 0.717) is 17.3 Å². The Morgan fingerprint density at radius 3 is 2.45 bits per heavy atom. The van der Waals surface area contributed by atoms with Crippen molar-refractivity contribution in [1.82, 2.24) is 9.78 Å². The van der Waals surface area contributed by atoms with Crippen LogP contribution in [-0.4, -0.2) is 14.7 Å². The number of anilines is 1. The second-order valence-corrected chi connectivity index (χ2v) is 5.25. The predicted octanol–water partition coefficient (Wildman–Crippen LogP) is 3.20. The molecule has 0 aliphatic rings. The number of halogens is 1. The summed E-state index contributed by atoms with van der Waals surface area (Å²) in [6, 6.07) is 7.19. The Hall–Kier alpha value is -2.08. The summed E-state index contributed by atoms with van der Waals surface area (Å²) >= 11 is 5.82. The Labute approximate surface area is 121 Å². The molecule has 2 aromatic rings. The fourth-order valence-corrected chi connectivity index (χ4v) is 2.07. The van der Waals surface area contributed by atoms with E-state index in [1.165, 1.54) is 4.68 Å². The van der Waals surface area contributed by atoms with E-state index >= 15 is 0 Å². The summed E-state index contributed by atoms with van der Waals surface area (Å²) < 4.78 is 1.46. The van der Waals surface area contributed by atoms with Gasteiger partial charge in [-0.3, -0.25) is 10.1 Å². The third-order valence-corrected chi connectivity index (χ3v) is 3.22. The maximum absolute atomic E-state index is 11.1. The highest BCUT2D eigenvalue weighted by Crippen LogP contribution is 2.31. The molecule has 20 heavy (non-hydrogen) atoms. The summed E-state index contributed by atoms with van der Waals surface area (Å²) in [7, 11) is 0. The minimum Gasteiger partial charge on any atom is -0.378 e. The number of nitrogens with zero attached hydrogens (tertiary/aromatic N) is 3. The monoisotopic (exact) mass is 294 g/mol. The molecule has 1 aromatic heterocycles. The van der Waals surface area contributed by atoms with Crippen molar-refractivity contribution in [2.45, 2.75) is 26.3 Å². The standard InChI is InChI=1S/C13H15ClN4O2/c1-8(2)11-12(18(19)20)13(15)17(16-11)7-9-3-5-10(14)6-4-9/h3-6,8H,7,15H2,1-2H3. The van der Waals surface area contributed by atoms with Gasteiger partial charge in [-0.2, -0.15) is 5.10 Å². The van der Waals surface area contributed by atoms with Crippen LogP contribution in [0, 0.1) is 10.1 Å². The number of aromatic nitrogens is 2. The van der Waals surface area contributed by atoms with Crippen molar-refractivity contribution >= 4 is 23.1 Å². The lowest BCUT2D eigenvalue weighted by Gasteiger charge is -2.03. The zero-order chi connectivity index (χ0) is 14.9. The van der Waals surface area contributed by atoms with Crippen molar-refractivity contribution in [1.29, 1.82) is 0 Å². The molecule has 6 nitrogen and oxygen atoms in total. The molecule has 0 spiro atoms. The Kier molecular flexibility index (Phi) is 3.94. The molecule has 0 atom stereocenters. The van der Waals surface area contributed by atoms with Gasteiger partial charge in [0.05, 0.1) is 11.5 Å². The largest absolute Gasteiger partial charge is 0.378 e. The Bertz CT molecular complexity index is 635. The highest BCUT2D eigenvalue weighted by molar-refractivity contribution is 6.30. The van der Waals surface area contributed by atoms with E-state index in [1.807, 2.05) is 26.0 Å². The third-order valence-electron chi connectivity index (χ3n) is 2.97. The molecule has 0 radical (unpaired) electrons. The van der Waals surface area contributed by atoms with Crippen molar-refractivity contribution in [3.05, 3.63) is 50.7 Å². The summed E-state index contributed by atoms with van der Waals surface area (Å²) in [5, 5.41) is 16.0. The number of hydrogen-bond donors (Lipinski definition) is 1. The van der Waals surface area contributed by atoms with Crippen LogP contribution < -0.4 is 5.73 Å². The first kappa shape index (κ1) is 14.3. The molecule has 2 N–H and O–H groups in total. The Morgan fingerprint density at radius 1 is 1.40 bits per heavy atom. The number of nitrogen functional groups attached to an aromatic ring is 1. The van der Waals surface area contributed by atoms with E-state index in [1.54, 1.807) is 12.1 Å². The van der Waals surface area contributed by atoms with E-state index in [2.05, 4.69) is 5.10 Å². The van der Waals surface area contributed by atoms with E-state index < -0.39 is 4.92 Å². The number of nitrogens with two attached hydrogens (primary N) is 1. The SMILES string of the molecule is CC(C)c1nn(Cc2ccc(Cl)cc2)c(N)c1[N+](=O)[O-]. The maximum Gasteiger partial charge on any atom is 0.334 e. The number of benzene rings is 1. The Morgan fingerprint density at radius 2 is 2.00 bits per heavy atom. The molecule has 0 saturated heterocycles. The molecule has 0 aliphatic heterocycles. The quantitative estimate of drug-likeness (QED) is 0.693. The van der Waals surface area contributed by atoms with Gasteiger partial charge in [0.15, 0.2) is 0 Å². The van der Waals surface area contributed by atoms with Crippen LogP contribution >= 0.6 is 11.6 Å². The first-order chi connectivity index (χ1) is 9.40. The number of hydrogen-bond acceptors (Lipinski definition) is 4. The van der Waals surface area contributed by atoms with Crippen LogP contribution in [0.4, 0.5) is 11.5 Å². The first-order valence-corrected chi connectivity index (χ1v) is 6.53. The third kappa shape index (κ3) is 2.75. The fraction of sp³-hybridized carbons (Fsp3) is 0.308. The molecule has 0 saturated carbocycles. The summed E-state index contributed by atoms with van der Waals surface area (Å²) in [6.07, 6.45) is 0. The van der Waals surface area contributed by atoms with E-state index in [9.17, 15) is 10.1 Å². The summed E-state index contributed by atoms with van der Waals surface area (Å²) in [6.45, 7) is 4.07. The molecule has 2 rings (SSSR count). The molecule has 7 heteroatoms. The van der Waals surface area contributed by atoms with Gasteiger partial charge in [0, 0.05) is 10.9 Å². The number of rotatable bonds is 4. The smallest absolute Gasteiger partial charge is 0.334 e. The van der Waals surface area contributed by atoms with Gasteiger partial charge in [0.25, 0.3) is 0 Å². The van der Waals surface area contributed by atoms with E-state index in [0.717, 1.165) is 5.56 Å². The van der Waals surface area contributed by atoms with Gasteiger partial charge in [-0.1, -0.05) is 37.6 Å². The lowest BCUT2D eigenvalue weighted by atomic mass is 10.1. The van der Waals surface area contributed by atoms with Crippen molar-refractivity contribution < 1.29 is 4.92 Å². The van der Waals surface area contributed by atoms with Crippen molar-refractivity contribution in [3.8, 4) is 0 Å². The van der Waals surface area contributed by atoms with E-state index in [4.69, 9.17) is 17.3 Å². The van der Waals surface area contributed by atoms with Crippen LogP contribution in [0.25, 0.3) is 0 Å². The van der Waals surface area contributed by atoms with Crippen LogP contribution in [0.1, 0.15) is 31.0 Å². The Balaban J connectivity index is 2.40. The average molecular weight is 295 g/mol. The van der Waals surface area contributed by atoms with E-state index in [-0.39, 0.29) is 17.4 Å². The second kappa shape index (κ2) is 5.50. The van der Waals surface area contributed by atoms with Crippen molar-refractivity contribution in [2.75, 3.05) is 5.73 Å². The van der Waals surface area contributed by atoms with Crippen LogP contribution in [0.3, 0.4) is 0 Å². The molecule has 0 unspecified atom stereocenters. The van der Waals surface area contributed by atoms with Crippen LogP contribution in [0.15, 0.2) is 24.3 Å². The van der Waals surface area contributed by atoms with Gasteiger partial charge in [-0.25, -0.2) is 4.68 Å². The van der Waals surface area contributed by atoms with Gasteiger partial charge in [0.2, 0.25) is 5.82 Å². The predicted molar refractivity (Wildman–Crippen MR) is 77.9 cm³/mol. The van der Waals surface area contributed by atoms with Crippen LogP contribution in [0.2, 0.25) is 5.02 Å². The zero-order valence-corrected chi connectivity index (χ0v) is 12.0. The van der Waals surface area contributed by atoms with Crippen molar-refractivity contribution in [3.63, 3.8) is 0 Å². The summed E-state index contributed by atoms with van der Waals surface area (Å²) in [5.74, 6) is 0.0119. The van der Waals surface area contributed by atoms with Crippen molar-refractivity contribution in [2.24, 2.45) is 0 Å². The molecule has 106 valence electrons. The average Bonchev–Trinajstić information content (AvgIpc) is 2.70. The van der Waals surface area contributed by atoms with Crippen LogP contribution in [-0.2, 0) is 6.54 Å². The molecule has 0 amide bonds. The topological polar surface area (TPSA) is 87.0 Å². The molecule has 0 bridgehead atoms. The maximum atomic E-state index is 11.1. The first-order valence-electron chi connectivity index (χ1n) is 6.15. The summed E-state index contributed by atoms with van der Waals surface area (Å²) in [4.78, 5) is 10.6. The van der Waals surface area contributed by atoms with Gasteiger partial charge < -0.3 is 5.73 Å². The van der Waals surface area contributed by atoms with Gasteiger partial charge in [-0.05, 0) is 17.7 Å². The van der Waals surface area contributed by atoms with Crippen LogP contribution in [0.5, 0.6) is 0 Å². The highest BCUT2D eigenvalue weighted by atomic mass is 35.5. The molecular formula is C13H15ClN4O2. The fourth-order valence-electron chi connectivity index (χ4n) is 1.94. The zero-order valence-electron chi connectivity index (χ0n) is 11.2.